The number of anilines is 1. The molecule has 0 aliphatic carbocycles. The maximum Gasteiger partial charge on any atom is 0.150 e. The third-order valence-corrected chi connectivity index (χ3v) is 4.63. The van der Waals surface area contributed by atoms with E-state index in [0.717, 1.165) is 23.1 Å². The number of nitrogens with two attached hydrogens (primary N) is 1. The van der Waals surface area contributed by atoms with Crippen molar-refractivity contribution >= 4 is 27.4 Å². The Hall–Kier alpha value is -2.21. The molecule has 2 heterocycles. The summed E-state index contributed by atoms with van der Waals surface area (Å²) in [5.41, 5.74) is 8.16. The molecule has 5 nitrogen and oxygen atoms in total. The largest absolute Gasteiger partial charge is 0.396 e. The minimum atomic E-state index is -1.30. The lowest BCUT2D eigenvalue weighted by Crippen LogP contribution is -2.04. The van der Waals surface area contributed by atoms with Gasteiger partial charge in [-0.25, -0.2) is 4.98 Å². The summed E-state index contributed by atoms with van der Waals surface area (Å²) in [7, 11) is -1.30. The Morgan fingerprint density at radius 2 is 2.05 bits per heavy atom. The Morgan fingerprint density at radius 1 is 1.24 bits per heavy atom. The van der Waals surface area contributed by atoms with Gasteiger partial charge in [0.15, 0.2) is 0 Å². The summed E-state index contributed by atoms with van der Waals surface area (Å²) < 4.78 is 14.4. The fourth-order valence-electron chi connectivity index (χ4n) is 2.33. The lowest BCUT2D eigenvalue weighted by Gasteiger charge is -2.02. The van der Waals surface area contributed by atoms with Gasteiger partial charge in [0.1, 0.15) is 5.03 Å². The van der Waals surface area contributed by atoms with Crippen LogP contribution in [0.5, 0.6) is 0 Å². The van der Waals surface area contributed by atoms with Crippen LogP contribution in [-0.2, 0) is 23.1 Å². The molecule has 0 radical (unpaired) electrons. The van der Waals surface area contributed by atoms with Crippen LogP contribution in [0.3, 0.4) is 0 Å². The molecule has 0 saturated heterocycles. The quantitative estimate of drug-likeness (QED) is 0.802. The summed E-state index contributed by atoms with van der Waals surface area (Å²) in [5.74, 6) is 0.314. The van der Waals surface area contributed by atoms with E-state index in [1.165, 1.54) is 0 Å². The van der Waals surface area contributed by atoms with E-state index in [-0.39, 0.29) is 0 Å². The molecule has 0 bridgehead atoms. The van der Waals surface area contributed by atoms with Crippen LogP contribution in [0.25, 0.3) is 10.9 Å². The molecule has 0 spiro atoms. The number of aryl methyl sites for hydroxylation is 1. The zero-order valence-corrected chi connectivity index (χ0v) is 12.5. The molecule has 0 amide bonds. The van der Waals surface area contributed by atoms with Crippen molar-refractivity contribution in [3.05, 3.63) is 48.3 Å². The van der Waals surface area contributed by atoms with Crippen molar-refractivity contribution in [3.8, 4) is 0 Å². The third kappa shape index (κ3) is 2.54. The SMILES string of the molecule is CCn1nc(CS(=O)c2ncccc2N)c2ccccc21. The van der Waals surface area contributed by atoms with Crippen LogP contribution in [0.15, 0.2) is 47.6 Å². The molecule has 2 N–H and O–H groups in total. The van der Waals surface area contributed by atoms with Crippen LogP contribution in [0.1, 0.15) is 12.6 Å². The molecule has 108 valence electrons. The van der Waals surface area contributed by atoms with Gasteiger partial charge in [0.2, 0.25) is 0 Å². The van der Waals surface area contributed by atoms with E-state index in [1.807, 2.05) is 35.9 Å². The smallest absolute Gasteiger partial charge is 0.150 e. The van der Waals surface area contributed by atoms with Crippen molar-refractivity contribution in [1.82, 2.24) is 14.8 Å². The predicted molar refractivity (Wildman–Crippen MR) is 84.2 cm³/mol. The Morgan fingerprint density at radius 3 is 2.81 bits per heavy atom. The number of pyridine rings is 1. The van der Waals surface area contributed by atoms with E-state index in [9.17, 15) is 4.21 Å². The Labute approximate surface area is 125 Å². The Balaban J connectivity index is 1.99. The molecule has 0 aliphatic rings. The van der Waals surface area contributed by atoms with E-state index in [2.05, 4.69) is 10.1 Å². The maximum atomic E-state index is 12.5. The van der Waals surface area contributed by atoms with Crippen molar-refractivity contribution < 1.29 is 4.21 Å². The average molecular weight is 300 g/mol. The first-order valence-corrected chi connectivity index (χ1v) is 8.06. The number of benzene rings is 1. The van der Waals surface area contributed by atoms with Gasteiger partial charge in [-0.3, -0.25) is 8.89 Å². The number of nitrogen functional groups attached to an aromatic ring is 1. The number of rotatable bonds is 4. The minimum Gasteiger partial charge on any atom is -0.396 e. The molecular formula is C15H16N4OS. The number of nitrogens with zero attached hydrogens (tertiary/aromatic N) is 3. The number of aromatic nitrogens is 3. The normalized spacial score (nSPS) is 12.6. The van der Waals surface area contributed by atoms with Gasteiger partial charge >= 0.3 is 0 Å². The van der Waals surface area contributed by atoms with Crippen LogP contribution in [0.4, 0.5) is 5.69 Å². The monoisotopic (exact) mass is 300 g/mol. The summed E-state index contributed by atoms with van der Waals surface area (Å²) in [4.78, 5) is 4.12. The molecule has 2 aromatic heterocycles. The van der Waals surface area contributed by atoms with Gasteiger partial charge in [-0.05, 0) is 25.1 Å². The van der Waals surface area contributed by atoms with Gasteiger partial charge in [0.05, 0.1) is 33.5 Å². The van der Waals surface area contributed by atoms with E-state index in [0.29, 0.717) is 16.5 Å². The topological polar surface area (TPSA) is 73.8 Å². The van der Waals surface area contributed by atoms with E-state index in [1.54, 1.807) is 18.3 Å². The summed E-state index contributed by atoms with van der Waals surface area (Å²) in [6, 6.07) is 11.4. The van der Waals surface area contributed by atoms with Gasteiger partial charge in [-0.1, -0.05) is 18.2 Å². The first-order valence-electron chi connectivity index (χ1n) is 6.74. The van der Waals surface area contributed by atoms with Crippen molar-refractivity contribution in [2.75, 3.05) is 5.73 Å². The Kier molecular flexibility index (Phi) is 3.70. The lowest BCUT2D eigenvalue weighted by molar-refractivity contribution is 0.666. The molecule has 3 rings (SSSR count). The highest BCUT2D eigenvalue weighted by Crippen LogP contribution is 2.22. The molecule has 21 heavy (non-hydrogen) atoms. The van der Waals surface area contributed by atoms with Crippen LogP contribution in [0, 0.1) is 0 Å². The number of para-hydroxylation sites is 1. The fraction of sp³-hybridized carbons (Fsp3) is 0.200. The van der Waals surface area contributed by atoms with Gasteiger partial charge < -0.3 is 5.73 Å². The van der Waals surface area contributed by atoms with Crippen LogP contribution < -0.4 is 5.73 Å². The van der Waals surface area contributed by atoms with Crippen LogP contribution >= 0.6 is 0 Å². The van der Waals surface area contributed by atoms with Gasteiger partial charge in [-0.2, -0.15) is 5.10 Å². The fourth-order valence-corrected chi connectivity index (χ4v) is 3.44. The highest BCUT2D eigenvalue weighted by atomic mass is 32.2. The zero-order chi connectivity index (χ0) is 14.8. The Bertz CT molecular complexity index is 812. The second kappa shape index (κ2) is 5.65. The molecule has 3 aromatic rings. The van der Waals surface area contributed by atoms with Crippen LogP contribution in [0.2, 0.25) is 0 Å². The average Bonchev–Trinajstić information content (AvgIpc) is 2.86. The molecule has 1 atom stereocenters. The minimum absolute atomic E-state index is 0.314. The summed E-state index contributed by atoms with van der Waals surface area (Å²) in [6.07, 6.45) is 1.60. The molecule has 0 fully saturated rings. The number of fused-ring (bicyclic) bond motifs is 1. The molecule has 6 heteroatoms. The first-order chi connectivity index (χ1) is 10.2. The molecule has 0 aliphatic heterocycles. The highest BCUT2D eigenvalue weighted by molar-refractivity contribution is 7.84. The molecule has 0 saturated carbocycles. The van der Waals surface area contributed by atoms with Crippen molar-refractivity contribution in [2.24, 2.45) is 0 Å². The van der Waals surface area contributed by atoms with E-state index >= 15 is 0 Å². The molecule has 1 aromatic carbocycles. The first kappa shape index (κ1) is 13.8. The van der Waals surface area contributed by atoms with Gasteiger partial charge in [0, 0.05) is 18.1 Å². The summed E-state index contributed by atoms with van der Waals surface area (Å²) in [5, 5.41) is 6.01. The zero-order valence-electron chi connectivity index (χ0n) is 11.7. The second-order valence-electron chi connectivity index (χ2n) is 4.67. The highest BCUT2D eigenvalue weighted by Gasteiger charge is 2.15. The molecule has 1 unspecified atom stereocenters. The van der Waals surface area contributed by atoms with Crippen molar-refractivity contribution in [2.45, 2.75) is 24.2 Å². The number of hydrogen-bond donors (Lipinski definition) is 1. The van der Waals surface area contributed by atoms with Crippen LogP contribution in [-0.4, -0.2) is 19.0 Å². The standard InChI is InChI=1S/C15H16N4OS/c1-2-19-14-8-4-3-6-11(14)13(18-19)10-21(20)15-12(16)7-5-9-17-15/h3-9H,2,10,16H2,1H3. The van der Waals surface area contributed by atoms with Gasteiger partial charge in [-0.15, -0.1) is 0 Å². The summed E-state index contributed by atoms with van der Waals surface area (Å²) >= 11 is 0. The van der Waals surface area contributed by atoms with E-state index < -0.39 is 10.8 Å². The predicted octanol–water partition coefficient (Wildman–Crippen LogP) is 2.34. The summed E-state index contributed by atoms with van der Waals surface area (Å²) in [6.45, 7) is 2.82. The van der Waals surface area contributed by atoms with E-state index in [4.69, 9.17) is 5.73 Å². The second-order valence-corrected chi connectivity index (χ2v) is 6.03. The van der Waals surface area contributed by atoms with Crippen molar-refractivity contribution in [3.63, 3.8) is 0 Å². The maximum absolute atomic E-state index is 12.5. The third-order valence-electron chi connectivity index (χ3n) is 3.32. The van der Waals surface area contributed by atoms with Gasteiger partial charge in [0.25, 0.3) is 0 Å². The van der Waals surface area contributed by atoms with Crippen molar-refractivity contribution in [1.29, 1.82) is 0 Å². The lowest BCUT2D eigenvalue weighted by atomic mass is 10.2. The number of hydrogen-bond acceptors (Lipinski definition) is 4. The molecular weight excluding hydrogens is 284 g/mol.